The average molecular weight is 295 g/mol. The molecule has 0 atom stereocenters. The molecule has 0 saturated carbocycles. The number of hydrogen-bond acceptors (Lipinski definition) is 2. The Morgan fingerprint density at radius 2 is 1.55 bits per heavy atom. The molecule has 0 spiro atoms. The van der Waals surface area contributed by atoms with Crippen molar-refractivity contribution in [1.29, 1.82) is 0 Å². The fourth-order valence-electron chi connectivity index (χ4n) is 2.30. The highest BCUT2D eigenvalue weighted by molar-refractivity contribution is 6.15. The minimum absolute atomic E-state index is 0.146. The normalized spacial score (nSPS) is 10.3. The molecule has 0 heterocycles. The second kappa shape index (κ2) is 7.55. The van der Waals surface area contributed by atoms with E-state index in [4.69, 9.17) is 0 Å². The molecule has 3 heteroatoms. The van der Waals surface area contributed by atoms with Crippen LogP contribution in [0.25, 0.3) is 0 Å². The predicted octanol–water partition coefficient (Wildman–Crippen LogP) is 3.90. The summed E-state index contributed by atoms with van der Waals surface area (Å²) in [4.78, 5) is 26.3. The van der Waals surface area contributed by atoms with Crippen molar-refractivity contribution < 1.29 is 9.59 Å². The molecule has 0 unspecified atom stereocenters. The van der Waals surface area contributed by atoms with E-state index in [1.54, 1.807) is 0 Å². The van der Waals surface area contributed by atoms with Crippen LogP contribution in [-0.2, 0) is 16.0 Å². The SMILES string of the molecule is CCCC(=O)N(C(=O)Cc1ccccc1)c1ccc(C)cc1. The summed E-state index contributed by atoms with van der Waals surface area (Å²) < 4.78 is 0. The van der Waals surface area contributed by atoms with Gasteiger partial charge in [0.2, 0.25) is 11.8 Å². The number of aryl methyl sites for hydroxylation is 1. The summed E-state index contributed by atoms with van der Waals surface area (Å²) in [6, 6.07) is 17.0. The van der Waals surface area contributed by atoms with E-state index in [0.717, 1.165) is 17.5 Å². The molecule has 0 aliphatic heterocycles. The van der Waals surface area contributed by atoms with Crippen molar-refractivity contribution in [1.82, 2.24) is 0 Å². The number of carbonyl (C=O) groups is 2. The van der Waals surface area contributed by atoms with Gasteiger partial charge in [-0.2, -0.15) is 0 Å². The van der Waals surface area contributed by atoms with E-state index in [9.17, 15) is 9.59 Å². The minimum atomic E-state index is -0.187. The summed E-state index contributed by atoms with van der Waals surface area (Å²) in [6.45, 7) is 3.92. The summed E-state index contributed by atoms with van der Waals surface area (Å²) in [6.07, 6.45) is 1.32. The zero-order valence-corrected chi connectivity index (χ0v) is 13.1. The fourth-order valence-corrected chi connectivity index (χ4v) is 2.30. The summed E-state index contributed by atoms with van der Waals surface area (Å²) in [7, 11) is 0. The van der Waals surface area contributed by atoms with Crippen LogP contribution in [0, 0.1) is 6.92 Å². The van der Waals surface area contributed by atoms with E-state index >= 15 is 0 Å². The molecule has 2 rings (SSSR count). The zero-order valence-electron chi connectivity index (χ0n) is 13.1. The lowest BCUT2D eigenvalue weighted by Crippen LogP contribution is -2.37. The highest BCUT2D eigenvalue weighted by atomic mass is 16.2. The van der Waals surface area contributed by atoms with E-state index in [2.05, 4.69) is 0 Å². The highest BCUT2D eigenvalue weighted by Crippen LogP contribution is 2.18. The molecule has 22 heavy (non-hydrogen) atoms. The van der Waals surface area contributed by atoms with Gasteiger partial charge in [-0.05, 0) is 31.0 Å². The number of carbonyl (C=O) groups excluding carboxylic acids is 2. The molecule has 0 aromatic heterocycles. The van der Waals surface area contributed by atoms with Crippen LogP contribution < -0.4 is 4.90 Å². The summed E-state index contributed by atoms with van der Waals surface area (Å²) in [5.41, 5.74) is 2.65. The number of amides is 2. The van der Waals surface area contributed by atoms with Gasteiger partial charge in [0.1, 0.15) is 0 Å². The summed E-state index contributed by atoms with van der Waals surface area (Å²) in [5.74, 6) is -0.333. The Bertz CT molecular complexity index is 632. The molecule has 0 N–H and O–H groups in total. The van der Waals surface area contributed by atoms with Gasteiger partial charge >= 0.3 is 0 Å². The van der Waals surface area contributed by atoms with E-state index in [-0.39, 0.29) is 18.2 Å². The molecular formula is C19H21NO2. The van der Waals surface area contributed by atoms with Crippen LogP contribution in [-0.4, -0.2) is 11.8 Å². The molecule has 2 aromatic carbocycles. The molecule has 0 saturated heterocycles. The maximum atomic E-state index is 12.6. The second-order valence-corrected chi connectivity index (χ2v) is 5.37. The predicted molar refractivity (Wildman–Crippen MR) is 88.7 cm³/mol. The van der Waals surface area contributed by atoms with Crippen LogP contribution in [0.15, 0.2) is 54.6 Å². The van der Waals surface area contributed by atoms with Crippen molar-refractivity contribution in [3.63, 3.8) is 0 Å². The topological polar surface area (TPSA) is 37.4 Å². The maximum Gasteiger partial charge on any atom is 0.238 e. The number of anilines is 1. The fraction of sp³-hybridized carbons (Fsp3) is 0.263. The largest absolute Gasteiger partial charge is 0.274 e. The molecule has 2 aromatic rings. The molecular weight excluding hydrogens is 274 g/mol. The van der Waals surface area contributed by atoms with Gasteiger partial charge in [-0.25, -0.2) is 0 Å². The van der Waals surface area contributed by atoms with Gasteiger partial charge in [0.15, 0.2) is 0 Å². The van der Waals surface area contributed by atoms with E-state index in [1.807, 2.05) is 68.4 Å². The van der Waals surface area contributed by atoms with Crippen molar-refractivity contribution in [2.45, 2.75) is 33.1 Å². The van der Waals surface area contributed by atoms with Crippen molar-refractivity contribution in [3.8, 4) is 0 Å². The van der Waals surface area contributed by atoms with Gasteiger partial charge in [0, 0.05) is 6.42 Å². The molecule has 0 bridgehead atoms. The van der Waals surface area contributed by atoms with E-state index in [1.165, 1.54) is 4.90 Å². The number of hydrogen-bond donors (Lipinski definition) is 0. The Hall–Kier alpha value is -2.42. The van der Waals surface area contributed by atoms with Crippen LogP contribution >= 0.6 is 0 Å². The van der Waals surface area contributed by atoms with Gasteiger partial charge in [-0.3, -0.25) is 14.5 Å². The lowest BCUT2D eigenvalue weighted by Gasteiger charge is -2.21. The van der Waals surface area contributed by atoms with Gasteiger partial charge in [0.05, 0.1) is 12.1 Å². The number of nitrogens with zero attached hydrogens (tertiary/aromatic N) is 1. The van der Waals surface area contributed by atoms with Crippen LogP contribution in [0.3, 0.4) is 0 Å². The first-order chi connectivity index (χ1) is 10.6. The molecule has 3 nitrogen and oxygen atoms in total. The number of rotatable bonds is 5. The first kappa shape index (κ1) is 16.0. The Morgan fingerprint density at radius 1 is 0.909 bits per heavy atom. The van der Waals surface area contributed by atoms with Crippen LogP contribution in [0.2, 0.25) is 0 Å². The van der Waals surface area contributed by atoms with Gasteiger partial charge in [-0.15, -0.1) is 0 Å². The molecule has 0 aliphatic carbocycles. The van der Waals surface area contributed by atoms with E-state index < -0.39 is 0 Å². The summed E-state index contributed by atoms with van der Waals surface area (Å²) >= 11 is 0. The Balaban J connectivity index is 2.25. The molecule has 114 valence electrons. The van der Waals surface area contributed by atoms with Crippen LogP contribution in [0.1, 0.15) is 30.9 Å². The van der Waals surface area contributed by atoms with E-state index in [0.29, 0.717) is 12.1 Å². The van der Waals surface area contributed by atoms with Crippen molar-refractivity contribution in [2.75, 3.05) is 4.90 Å². The molecule has 0 radical (unpaired) electrons. The van der Waals surface area contributed by atoms with Crippen molar-refractivity contribution >= 4 is 17.5 Å². The third-order valence-electron chi connectivity index (χ3n) is 3.45. The third kappa shape index (κ3) is 4.04. The summed E-state index contributed by atoms with van der Waals surface area (Å²) in [5, 5.41) is 0. The lowest BCUT2D eigenvalue weighted by atomic mass is 10.1. The smallest absolute Gasteiger partial charge is 0.238 e. The standard InChI is InChI=1S/C19H21NO2/c1-3-7-18(21)20(17-12-10-15(2)11-13-17)19(22)14-16-8-5-4-6-9-16/h4-6,8-13H,3,7,14H2,1-2H3. The second-order valence-electron chi connectivity index (χ2n) is 5.37. The average Bonchev–Trinajstić information content (AvgIpc) is 2.51. The van der Waals surface area contributed by atoms with Gasteiger partial charge in [-0.1, -0.05) is 55.0 Å². The van der Waals surface area contributed by atoms with Gasteiger partial charge in [0.25, 0.3) is 0 Å². The van der Waals surface area contributed by atoms with Crippen LogP contribution in [0.4, 0.5) is 5.69 Å². The van der Waals surface area contributed by atoms with Crippen molar-refractivity contribution in [3.05, 3.63) is 65.7 Å². The lowest BCUT2D eigenvalue weighted by molar-refractivity contribution is -0.126. The maximum absolute atomic E-state index is 12.6. The highest BCUT2D eigenvalue weighted by Gasteiger charge is 2.22. The molecule has 0 aliphatic rings. The Kier molecular flexibility index (Phi) is 5.48. The number of imide groups is 1. The molecule has 2 amide bonds. The minimum Gasteiger partial charge on any atom is -0.274 e. The first-order valence-corrected chi connectivity index (χ1v) is 7.58. The van der Waals surface area contributed by atoms with Crippen LogP contribution in [0.5, 0.6) is 0 Å². The number of benzene rings is 2. The monoisotopic (exact) mass is 295 g/mol. The van der Waals surface area contributed by atoms with Gasteiger partial charge < -0.3 is 0 Å². The first-order valence-electron chi connectivity index (χ1n) is 7.58. The molecule has 0 fully saturated rings. The quantitative estimate of drug-likeness (QED) is 0.839. The Morgan fingerprint density at radius 3 is 2.14 bits per heavy atom. The third-order valence-corrected chi connectivity index (χ3v) is 3.45. The zero-order chi connectivity index (χ0) is 15.9. The van der Waals surface area contributed by atoms with Crippen molar-refractivity contribution in [2.24, 2.45) is 0 Å². The Labute approximate surface area is 131 Å².